The molecule has 7 heteroatoms. The fraction of sp³-hybridized carbons (Fsp3) is 0.500. The van der Waals surface area contributed by atoms with E-state index in [2.05, 4.69) is 5.32 Å². The first kappa shape index (κ1) is 15.8. The summed E-state index contributed by atoms with van der Waals surface area (Å²) < 4.78 is 38.6. The Hall–Kier alpha value is -1.60. The van der Waals surface area contributed by atoms with Crippen LogP contribution in [-0.4, -0.2) is 48.2 Å². The first-order chi connectivity index (χ1) is 9.82. The van der Waals surface area contributed by atoms with Gasteiger partial charge in [-0.2, -0.15) is 13.2 Å². The highest BCUT2D eigenvalue weighted by atomic mass is 19.4. The number of hydrogen-bond acceptors (Lipinski definition) is 3. The van der Waals surface area contributed by atoms with Gasteiger partial charge in [0.2, 0.25) is 0 Å². The summed E-state index contributed by atoms with van der Waals surface area (Å²) in [6, 6.07) is 4.38. The average Bonchev–Trinajstić information content (AvgIpc) is 2.77. The molecule has 21 heavy (non-hydrogen) atoms. The van der Waals surface area contributed by atoms with Crippen molar-refractivity contribution < 1.29 is 23.1 Å². The average molecular weight is 302 g/mol. The van der Waals surface area contributed by atoms with E-state index in [0.29, 0.717) is 13.0 Å². The Balaban J connectivity index is 2.12. The number of nitrogens with one attached hydrogen (secondary N) is 1. The maximum Gasteiger partial charge on any atom is 0.417 e. The van der Waals surface area contributed by atoms with Gasteiger partial charge in [-0.25, -0.2) is 0 Å². The number of rotatable bonds is 3. The monoisotopic (exact) mass is 302 g/mol. The van der Waals surface area contributed by atoms with Crippen LogP contribution in [0, 0.1) is 0 Å². The smallest absolute Gasteiger partial charge is 0.395 e. The Bertz CT molecular complexity index is 519. The fourth-order valence-corrected chi connectivity index (χ4v) is 2.59. The van der Waals surface area contributed by atoms with E-state index in [0.717, 1.165) is 6.07 Å². The van der Waals surface area contributed by atoms with Crippen LogP contribution in [0.4, 0.5) is 13.2 Å². The molecule has 2 N–H and O–H groups in total. The molecule has 2 rings (SSSR count). The molecule has 1 aromatic rings. The van der Waals surface area contributed by atoms with Crippen LogP contribution in [0.1, 0.15) is 22.3 Å². The highest BCUT2D eigenvalue weighted by Crippen LogP contribution is 2.32. The predicted octanol–water partition coefficient (Wildman–Crippen LogP) is 1.50. The van der Waals surface area contributed by atoms with E-state index >= 15 is 0 Å². The number of alkyl halides is 3. The van der Waals surface area contributed by atoms with Crippen LogP contribution in [0.3, 0.4) is 0 Å². The molecule has 0 aliphatic carbocycles. The van der Waals surface area contributed by atoms with Crippen LogP contribution in [0.25, 0.3) is 0 Å². The van der Waals surface area contributed by atoms with E-state index < -0.39 is 17.6 Å². The zero-order valence-electron chi connectivity index (χ0n) is 11.5. The highest BCUT2D eigenvalue weighted by molar-refractivity contribution is 5.96. The zero-order chi connectivity index (χ0) is 15.6. The lowest BCUT2D eigenvalue weighted by molar-refractivity contribution is -0.137. The molecule has 0 bridgehead atoms. The van der Waals surface area contributed by atoms with Crippen molar-refractivity contribution in [3.63, 3.8) is 0 Å². The number of carbonyl (C=O) groups is 1. The van der Waals surface area contributed by atoms with E-state index in [1.54, 1.807) is 7.05 Å². The van der Waals surface area contributed by atoms with E-state index in [1.165, 1.54) is 18.2 Å². The van der Waals surface area contributed by atoms with E-state index in [-0.39, 0.29) is 24.3 Å². The normalized spacial score (nSPS) is 23.3. The molecular formula is C14H17F3N2O2. The molecule has 1 amide bonds. The SMILES string of the molecule is CN1C[C@H](NC(=O)c2ccccc2C(F)(F)F)C[C@H]1CO. The quantitative estimate of drug-likeness (QED) is 0.890. The molecule has 0 saturated carbocycles. The predicted molar refractivity (Wildman–Crippen MR) is 70.8 cm³/mol. The number of aliphatic hydroxyl groups is 1. The van der Waals surface area contributed by atoms with Gasteiger partial charge < -0.3 is 10.4 Å². The zero-order valence-corrected chi connectivity index (χ0v) is 11.5. The molecule has 1 aliphatic heterocycles. The summed E-state index contributed by atoms with van der Waals surface area (Å²) in [7, 11) is 1.80. The topological polar surface area (TPSA) is 52.6 Å². The van der Waals surface area contributed by atoms with Gasteiger partial charge in [0.1, 0.15) is 0 Å². The Kier molecular flexibility index (Phi) is 4.53. The van der Waals surface area contributed by atoms with Crippen molar-refractivity contribution in [2.24, 2.45) is 0 Å². The second-order valence-corrected chi connectivity index (χ2v) is 5.23. The maximum absolute atomic E-state index is 12.9. The minimum absolute atomic E-state index is 0.0397. The number of likely N-dealkylation sites (tertiary alicyclic amines) is 1. The van der Waals surface area contributed by atoms with Gasteiger partial charge in [-0.1, -0.05) is 12.1 Å². The summed E-state index contributed by atoms with van der Waals surface area (Å²) in [5.41, 5.74) is -1.31. The fourth-order valence-electron chi connectivity index (χ4n) is 2.59. The molecule has 0 radical (unpaired) electrons. The summed E-state index contributed by atoms with van der Waals surface area (Å²) >= 11 is 0. The molecule has 0 aromatic heterocycles. The number of halogens is 3. The molecule has 1 aliphatic rings. The second-order valence-electron chi connectivity index (χ2n) is 5.23. The van der Waals surface area contributed by atoms with Crippen LogP contribution >= 0.6 is 0 Å². The molecule has 4 nitrogen and oxygen atoms in total. The molecule has 1 fully saturated rings. The van der Waals surface area contributed by atoms with Crippen LogP contribution in [0.15, 0.2) is 24.3 Å². The molecule has 1 aromatic carbocycles. The number of hydrogen-bond donors (Lipinski definition) is 2. The van der Waals surface area contributed by atoms with Gasteiger partial charge >= 0.3 is 6.18 Å². The lowest BCUT2D eigenvalue weighted by Crippen LogP contribution is -2.37. The number of nitrogens with zero attached hydrogens (tertiary/aromatic N) is 1. The number of carbonyl (C=O) groups excluding carboxylic acids is 1. The summed E-state index contributed by atoms with van der Waals surface area (Å²) in [4.78, 5) is 14.0. The van der Waals surface area contributed by atoms with Crippen molar-refractivity contribution >= 4 is 5.91 Å². The number of likely N-dealkylation sites (N-methyl/N-ethyl adjacent to an activating group) is 1. The Morgan fingerprint density at radius 3 is 2.67 bits per heavy atom. The lowest BCUT2D eigenvalue weighted by atomic mass is 10.1. The van der Waals surface area contributed by atoms with E-state index in [9.17, 15) is 18.0 Å². The Labute approximate surface area is 120 Å². The third-order valence-corrected chi connectivity index (χ3v) is 3.71. The van der Waals surface area contributed by atoms with Crippen molar-refractivity contribution in [3.8, 4) is 0 Å². The van der Waals surface area contributed by atoms with E-state index in [4.69, 9.17) is 5.11 Å². The molecule has 0 spiro atoms. The van der Waals surface area contributed by atoms with Gasteiger partial charge in [0.05, 0.1) is 17.7 Å². The highest BCUT2D eigenvalue weighted by Gasteiger charge is 2.36. The third-order valence-electron chi connectivity index (χ3n) is 3.71. The first-order valence-electron chi connectivity index (χ1n) is 6.61. The van der Waals surface area contributed by atoms with Gasteiger partial charge in [0.15, 0.2) is 0 Å². The summed E-state index contributed by atoms with van der Waals surface area (Å²) in [6.45, 7) is 0.465. The van der Waals surface area contributed by atoms with Crippen LogP contribution < -0.4 is 5.32 Å². The van der Waals surface area contributed by atoms with Crippen LogP contribution in [0.5, 0.6) is 0 Å². The standard InChI is InChI=1S/C14H17F3N2O2/c1-19-7-9(6-10(19)8-20)18-13(21)11-4-2-3-5-12(11)14(15,16)17/h2-5,9-10,20H,6-8H2,1H3,(H,18,21)/t9-,10+/m1/s1. The van der Waals surface area contributed by atoms with Gasteiger partial charge in [0, 0.05) is 18.6 Å². The minimum atomic E-state index is -4.56. The molecule has 116 valence electrons. The summed E-state index contributed by atoms with van der Waals surface area (Å²) in [6.07, 6.45) is -4.04. The first-order valence-corrected chi connectivity index (χ1v) is 6.61. The van der Waals surface area contributed by atoms with E-state index in [1.807, 2.05) is 4.90 Å². The van der Waals surface area contributed by atoms with Crippen molar-refractivity contribution in [2.45, 2.75) is 24.7 Å². The van der Waals surface area contributed by atoms with Gasteiger partial charge in [0.25, 0.3) is 5.91 Å². The van der Waals surface area contributed by atoms with Crippen molar-refractivity contribution in [1.29, 1.82) is 0 Å². The summed E-state index contributed by atoms with van der Waals surface area (Å²) in [5.74, 6) is -0.736. The molecule has 1 saturated heterocycles. The number of aliphatic hydroxyl groups excluding tert-OH is 1. The number of benzene rings is 1. The molecular weight excluding hydrogens is 285 g/mol. The van der Waals surface area contributed by atoms with Gasteiger partial charge in [-0.15, -0.1) is 0 Å². The van der Waals surface area contributed by atoms with Crippen LogP contribution in [-0.2, 0) is 6.18 Å². The Morgan fingerprint density at radius 1 is 1.43 bits per heavy atom. The van der Waals surface area contributed by atoms with Crippen molar-refractivity contribution in [3.05, 3.63) is 35.4 Å². The minimum Gasteiger partial charge on any atom is -0.395 e. The van der Waals surface area contributed by atoms with Crippen LogP contribution in [0.2, 0.25) is 0 Å². The Morgan fingerprint density at radius 2 is 2.10 bits per heavy atom. The molecule has 1 heterocycles. The van der Waals surface area contributed by atoms with Crippen molar-refractivity contribution in [2.75, 3.05) is 20.2 Å². The second kappa shape index (κ2) is 6.03. The molecule has 2 atom stereocenters. The van der Waals surface area contributed by atoms with Crippen molar-refractivity contribution in [1.82, 2.24) is 10.2 Å². The lowest BCUT2D eigenvalue weighted by Gasteiger charge is -2.16. The van der Waals surface area contributed by atoms with Gasteiger partial charge in [-0.05, 0) is 25.6 Å². The summed E-state index contributed by atoms with van der Waals surface area (Å²) in [5, 5.41) is 11.8. The third kappa shape index (κ3) is 3.54. The largest absolute Gasteiger partial charge is 0.417 e. The molecule has 0 unspecified atom stereocenters. The maximum atomic E-state index is 12.9. The van der Waals surface area contributed by atoms with Gasteiger partial charge in [-0.3, -0.25) is 9.69 Å². The number of amides is 1.